The van der Waals surface area contributed by atoms with Gasteiger partial charge >= 0.3 is 6.09 Å². The molecule has 0 radical (unpaired) electrons. The Morgan fingerprint density at radius 3 is 2.39 bits per heavy atom. The van der Waals surface area contributed by atoms with Crippen molar-refractivity contribution in [2.75, 3.05) is 18.9 Å². The fourth-order valence-corrected chi connectivity index (χ4v) is 3.77. The number of benzene rings is 3. The Kier molecular flexibility index (Phi) is 5.87. The molecule has 0 spiro atoms. The lowest BCUT2D eigenvalue weighted by molar-refractivity contribution is 0.143. The van der Waals surface area contributed by atoms with Crippen molar-refractivity contribution in [1.29, 1.82) is 5.26 Å². The Morgan fingerprint density at radius 2 is 1.71 bits per heavy atom. The summed E-state index contributed by atoms with van der Waals surface area (Å²) >= 11 is 0. The molecule has 5 nitrogen and oxygen atoms in total. The Labute approximate surface area is 181 Å². The van der Waals surface area contributed by atoms with Crippen LogP contribution in [0.15, 0.2) is 66.7 Å². The molecule has 1 aliphatic carbocycles. The van der Waals surface area contributed by atoms with Crippen molar-refractivity contribution < 1.29 is 9.53 Å². The molecule has 0 aliphatic heterocycles. The third kappa shape index (κ3) is 4.37. The number of hydrogen-bond donors (Lipinski definition) is 2. The zero-order chi connectivity index (χ0) is 21.6. The first kappa shape index (κ1) is 20.1. The molecule has 0 aromatic heterocycles. The fourth-order valence-electron chi connectivity index (χ4n) is 3.77. The van der Waals surface area contributed by atoms with Gasteiger partial charge in [-0.1, -0.05) is 60.4 Å². The minimum atomic E-state index is -0.456. The lowest BCUT2D eigenvalue weighted by Crippen LogP contribution is -2.26. The highest BCUT2D eigenvalue weighted by Crippen LogP contribution is 2.44. The first-order valence-electron chi connectivity index (χ1n) is 10.0. The summed E-state index contributed by atoms with van der Waals surface area (Å²) in [5.74, 6) is 5.99. The number of nitrogens with one attached hydrogen (secondary N) is 1. The number of alkyl carbamates (subject to hydrolysis) is 1. The minimum Gasteiger partial charge on any atom is -0.449 e. The van der Waals surface area contributed by atoms with E-state index in [0.717, 1.165) is 0 Å². The smallest absolute Gasteiger partial charge is 0.407 e. The van der Waals surface area contributed by atoms with E-state index in [-0.39, 0.29) is 12.5 Å². The quantitative estimate of drug-likeness (QED) is 0.381. The van der Waals surface area contributed by atoms with Gasteiger partial charge in [0.05, 0.1) is 5.56 Å². The highest BCUT2D eigenvalue weighted by molar-refractivity contribution is 5.79. The van der Waals surface area contributed by atoms with Crippen molar-refractivity contribution in [3.8, 4) is 29.0 Å². The number of nitrogens with two attached hydrogens (primary N) is 1. The number of carbonyl (C=O) groups is 1. The normalized spacial score (nSPS) is 11.5. The standard InChI is InChI=1S/C26H21N3O2/c27-16-19-15-18(12-13-25(19)28)7-5-6-14-29-26(30)31-17-24-22-10-3-1-8-20(22)21-9-2-4-11-23(21)24/h1-4,8-13,15,24H,6,14,17,28H2,(H,29,30). The highest BCUT2D eigenvalue weighted by atomic mass is 16.5. The van der Waals surface area contributed by atoms with Crippen LogP contribution in [0.5, 0.6) is 0 Å². The second kappa shape index (κ2) is 9.07. The summed E-state index contributed by atoms with van der Waals surface area (Å²) in [5, 5.41) is 11.7. The van der Waals surface area contributed by atoms with E-state index in [2.05, 4.69) is 41.4 Å². The number of fused-ring (bicyclic) bond motifs is 3. The van der Waals surface area contributed by atoms with Gasteiger partial charge in [0.25, 0.3) is 0 Å². The van der Waals surface area contributed by atoms with Gasteiger partial charge in [-0.25, -0.2) is 4.79 Å². The molecule has 31 heavy (non-hydrogen) atoms. The Bertz CT molecular complexity index is 1190. The molecule has 4 rings (SSSR count). The topological polar surface area (TPSA) is 88.1 Å². The largest absolute Gasteiger partial charge is 0.449 e. The van der Waals surface area contributed by atoms with Crippen molar-refractivity contribution in [3.05, 3.63) is 89.0 Å². The zero-order valence-electron chi connectivity index (χ0n) is 16.9. The van der Waals surface area contributed by atoms with Gasteiger partial charge < -0.3 is 15.8 Å². The Balaban J connectivity index is 1.29. The van der Waals surface area contributed by atoms with E-state index < -0.39 is 6.09 Å². The molecule has 0 unspecified atom stereocenters. The van der Waals surface area contributed by atoms with Crippen molar-refractivity contribution in [2.24, 2.45) is 0 Å². The molecular formula is C26H21N3O2. The molecule has 0 atom stereocenters. The minimum absolute atomic E-state index is 0.0396. The van der Waals surface area contributed by atoms with Crippen LogP contribution in [0.25, 0.3) is 11.1 Å². The van der Waals surface area contributed by atoms with Gasteiger partial charge in [0.2, 0.25) is 0 Å². The monoisotopic (exact) mass is 407 g/mol. The maximum Gasteiger partial charge on any atom is 0.407 e. The van der Waals surface area contributed by atoms with Crippen molar-refractivity contribution >= 4 is 11.8 Å². The molecule has 0 bridgehead atoms. The third-order valence-electron chi connectivity index (χ3n) is 5.27. The molecule has 0 fully saturated rings. The summed E-state index contributed by atoms with van der Waals surface area (Å²) in [7, 11) is 0. The third-order valence-corrected chi connectivity index (χ3v) is 5.27. The molecule has 1 amide bonds. The zero-order valence-corrected chi connectivity index (χ0v) is 16.9. The summed E-state index contributed by atoms with van der Waals surface area (Å²) in [4.78, 5) is 12.1. The van der Waals surface area contributed by atoms with Crippen LogP contribution >= 0.6 is 0 Å². The van der Waals surface area contributed by atoms with E-state index in [0.29, 0.717) is 29.8 Å². The molecule has 3 N–H and O–H groups in total. The van der Waals surface area contributed by atoms with Crippen LogP contribution in [0.4, 0.5) is 10.5 Å². The van der Waals surface area contributed by atoms with Gasteiger partial charge in [0, 0.05) is 30.1 Å². The van der Waals surface area contributed by atoms with Crippen molar-refractivity contribution in [1.82, 2.24) is 5.32 Å². The predicted molar refractivity (Wildman–Crippen MR) is 120 cm³/mol. The number of hydrogen-bond acceptors (Lipinski definition) is 4. The second-order valence-electron chi connectivity index (χ2n) is 7.22. The van der Waals surface area contributed by atoms with E-state index in [9.17, 15) is 4.79 Å². The molecular weight excluding hydrogens is 386 g/mol. The van der Waals surface area contributed by atoms with E-state index in [4.69, 9.17) is 15.7 Å². The number of amides is 1. The van der Waals surface area contributed by atoms with Crippen molar-refractivity contribution in [3.63, 3.8) is 0 Å². The maximum atomic E-state index is 12.1. The van der Waals surface area contributed by atoms with Crippen LogP contribution in [-0.4, -0.2) is 19.2 Å². The number of rotatable bonds is 4. The average Bonchev–Trinajstić information content (AvgIpc) is 3.12. The second-order valence-corrected chi connectivity index (χ2v) is 7.22. The van der Waals surface area contributed by atoms with Gasteiger partial charge in [-0.3, -0.25) is 0 Å². The molecule has 5 heteroatoms. The van der Waals surface area contributed by atoms with E-state index in [1.165, 1.54) is 22.3 Å². The Morgan fingerprint density at radius 1 is 1.03 bits per heavy atom. The van der Waals surface area contributed by atoms with Gasteiger partial charge in [-0.15, -0.1) is 0 Å². The average molecular weight is 407 g/mol. The lowest BCUT2D eigenvalue weighted by atomic mass is 9.98. The summed E-state index contributed by atoms with van der Waals surface area (Å²) in [6.07, 6.45) is 0.0131. The van der Waals surface area contributed by atoms with Gasteiger partial charge in [0.1, 0.15) is 12.7 Å². The molecule has 3 aromatic carbocycles. The number of nitrogens with zero attached hydrogens (tertiary/aromatic N) is 1. The highest BCUT2D eigenvalue weighted by Gasteiger charge is 2.28. The lowest BCUT2D eigenvalue weighted by Gasteiger charge is -2.14. The molecule has 152 valence electrons. The summed E-state index contributed by atoms with van der Waals surface area (Å²) in [6.45, 7) is 0.664. The van der Waals surface area contributed by atoms with Crippen molar-refractivity contribution in [2.45, 2.75) is 12.3 Å². The first-order valence-corrected chi connectivity index (χ1v) is 10.0. The van der Waals surface area contributed by atoms with Gasteiger partial charge in [0.15, 0.2) is 0 Å². The Hall–Kier alpha value is -4.22. The van der Waals surface area contributed by atoms with Gasteiger partial charge in [-0.05, 0) is 40.5 Å². The van der Waals surface area contributed by atoms with Crippen LogP contribution in [0.1, 0.15) is 34.6 Å². The fraction of sp³-hybridized carbons (Fsp3) is 0.154. The number of ether oxygens (including phenoxy) is 1. The SMILES string of the molecule is N#Cc1cc(C#CCCNC(=O)OCC2c3ccccc3-c3ccccc32)ccc1N. The van der Waals surface area contributed by atoms with Gasteiger partial charge in [-0.2, -0.15) is 5.26 Å². The summed E-state index contributed by atoms with van der Waals surface area (Å²) in [6, 6.07) is 23.6. The molecule has 1 aliphatic rings. The van der Waals surface area contributed by atoms with E-state index >= 15 is 0 Å². The molecule has 0 heterocycles. The first-order chi connectivity index (χ1) is 15.2. The van der Waals surface area contributed by atoms with E-state index in [1.54, 1.807) is 18.2 Å². The number of nitriles is 1. The summed E-state index contributed by atoms with van der Waals surface area (Å²) in [5.41, 5.74) is 12.0. The van der Waals surface area contributed by atoms with Crippen LogP contribution < -0.4 is 11.1 Å². The number of carbonyl (C=O) groups excluding carboxylic acids is 1. The van der Waals surface area contributed by atoms with Crippen LogP contribution in [0, 0.1) is 23.2 Å². The maximum absolute atomic E-state index is 12.1. The van der Waals surface area contributed by atoms with Crippen LogP contribution in [0.3, 0.4) is 0 Å². The number of anilines is 1. The molecule has 0 saturated heterocycles. The summed E-state index contributed by atoms with van der Waals surface area (Å²) < 4.78 is 5.50. The van der Waals surface area contributed by atoms with E-state index in [1.807, 2.05) is 30.3 Å². The molecule has 3 aromatic rings. The van der Waals surface area contributed by atoms with Crippen LogP contribution in [0.2, 0.25) is 0 Å². The van der Waals surface area contributed by atoms with Crippen LogP contribution in [-0.2, 0) is 4.74 Å². The number of nitrogen functional groups attached to an aromatic ring is 1. The predicted octanol–water partition coefficient (Wildman–Crippen LogP) is 4.42. The molecule has 0 saturated carbocycles.